The molecule has 16 heavy (non-hydrogen) atoms. The zero-order valence-electron chi connectivity index (χ0n) is 8.59. The molecule has 2 heterocycles. The first kappa shape index (κ1) is 12.6. The quantitative estimate of drug-likeness (QED) is 0.855. The number of aromatic nitrogens is 1. The van der Waals surface area contributed by atoms with Gasteiger partial charge in [-0.1, -0.05) is 22.9 Å². The van der Waals surface area contributed by atoms with E-state index in [0.717, 1.165) is 29.3 Å². The molecule has 0 aliphatic carbocycles. The third kappa shape index (κ3) is 2.38. The normalized spacial score (nSPS) is 21.8. The van der Waals surface area contributed by atoms with E-state index in [2.05, 4.69) is 4.98 Å². The molecule has 8 heteroatoms. The van der Waals surface area contributed by atoms with Gasteiger partial charge in [-0.25, -0.2) is 13.4 Å². The van der Waals surface area contributed by atoms with Crippen LogP contribution in [0.2, 0.25) is 4.47 Å². The SMILES string of the molecule is CN(C1CCSC1)S(=O)(=O)c1cnc(Cl)s1. The molecular weight excluding hydrogens is 288 g/mol. The van der Waals surface area contributed by atoms with Crippen LogP contribution in [0.4, 0.5) is 0 Å². The van der Waals surface area contributed by atoms with E-state index in [9.17, 15) is 8.42 Å². The van der Waals surface area contributed by atoms with Crippen LogP contribution in [-0.4, -0.2) is 42.3 Å². The van der Waals surface area contributed by atoms with Gasteiger partial charge in [-0.3, -0.25) is 0 Å². The highest BCUT2D eigenvalue weighted by Crippen LogP contribution is 2.29. The summed E-state index contributed by atoms with van der Waals surface area (Å²) in [6.45, 7) is 0. The molecule has 1 aromatic heterocycles. The van der Waals surface area contributed by atoms with Crippen LogP contribution in [0.5, 0.6) is 0 Å². The van der Waals surface area contributed by atoms with E-state index in [4.69, 9.17) is 11.6 Å². The topological polar surface area (TPSA) is 50.3 Å². The van der Waals surface area contributed by atoms with Gasteiger partial charge in [0.25, 0.3) is 10.0 Å². The van der Waals surface area contributed by atoms with Gasteiger partial charge in [0, 0.05) is 18.8 Å². The van der Waals surface area contributed by atoms with Gasteiger partial charge in [0.05, 0.1) is 6.20 Å². The molecule has 90 valence electrons. The second kappa shape index (κ2) is 4.81. The molecule has 0 amide bonds. The maximum atomic E-state index is 12.2. The van der Waals surface area contributed by atoms with Crippen LogP contribution in [0.3, 0.4) is 0 Å². The van der Waals surface area contributed by atoms with E-state index in [0.29, 0.717) is 0 Å². The first-order valence-corrected chi connectivity index (χ1v) is 8.48. The molecule has 1 aliphatic rings. The first-order valence-electron chi connectivity index (χ1n) is 4.69. The first-order chi connectivity index (χ1) is 7.51. The average Bonchev–Trinajstić information content (AvgIpc) is 2.86. The highest BCUT2D eigenvalue weighted by molar-refractivity contribution is 7.99. The van der Waals surface area contributed by atoms with Crippen molar-refractivity contribution in [3.05, 3.63) is 10.7 Å². The molecule has 2 rings (SSSR count). The summed E-state index contributed by atoms with van der Waals surface area (Å²) in [7, 11) is -1.79. The van der Waals surface area contributed by atoms with Gasteiger partial charge in [-0.05, 0) is 12.2 Å². The summed E-state index contributed by atoms with van der Waals surface area (Å²) in [6, 6.07) is 0.0934. The lowest BCUT2D eigenvalue weighted by Gasteiger charge is -2.21. The number of halogens is 1. The Morgan fingerprint density at radius 3 is 2.88 bits per heavy atom. The molecule has 1 fully saturated rings. The lowest BCUT2D eigenvalue weighted by Crippen LogP contribution is -2.36. The van der Waals surface area contributed by atoms with Crippen molar-refractivity contribution in [1.82, 2.24) is 9.29 Å². The minimum absolute atomic E-state index is 0.0934. The summed E-state index contributed by atoms with van der Waals surface area (Å²) >= 11 is 8.43. The Morgan fingerprint density at radius 2 is 2.38 bits per heavy atom. The molecule has 0 spiro atoms. The average molecular weight is 299 g/mol. The number of nitrogens with zero attached hydrogens (tertiary/aromatic N) is 2. The fourth-order valence-corrected chi connectivity index (χ4v) is 5.73. The predicted octanol–water partition coefficient (Wildman–Crippen LogP) is 1.92. The third-order valence-electron chi connectivity index (χ3n) is 2.51. The number of hydrogen-bond donors (Lipinski definition) is 0. The largest absolute Gasteiger partial charge is 0.254 e. The van der Waals surface area contributed by atoms with Crippen LogP contribution in [0, 0.1) is 0 Å². The van der Waals surface area contributed by atoms with Crippen LogP contribution >= 0.6 is 34.7 Å². The molecule has 4 nitrogen and oxygen atoms in total. The monoisotopic (exact) mass is 298 g/mol. The molecule has 0 aromatic carbocycles. The van der Waals surface area contributed by atoms with Gasteiger partial charge in [0.1, 0.15) is 0 Å². The Morgan fingerprint density at radius 1 is 1.62 bits per heavy atom. The highest BCUT2D eigenvalue weighted by Gasteiger charge is 2.31. The number of hydrogen-bond acceptors (Lipinski definition) is 5. The third-order valence-corrected chi connectivity index (χ3v) is 7.12. The van der Waals surface area contributed by atoms with E-state index in [1.165, 1.54) is 10.5 Å². The van der Waals surface area contributed by atoms with E-state index < -0.39 is 10.0 Å². The van der Waals surface area contributed by atoms with Crippen LogP contribution in [0.1, 0.15) is 6.42 Å². The van der Waals surface area contributed by atoms with Gasteiger partial charge in [0.2, 0.25) is 0 Å². The van der Waals surface area contributed by atoms with Crippen molar-refractivity contribution in [3.63, 3.8) is 0 Å². The molecule has 1 aliphatic heterocycles. The van der Waals surface area contributed by atoms with Gasteiger partial charge in [0.15, 0.2) is 8.68 Å². The van der Waals surface area contributed by atoms with E-state index >= 15 is 0 Å². The number of thioether (sulfide) groups is 1. The van der Waals surface area contributed by atoms with Crippen LogP contribution < -0.4 is 0 Å². The standard InChI is InChI=1S/C8H11ClN2O2S3/c1-11(6-2-3-14-5-6)16(12,13)7-4-10-8(9)15-7/h4,6H,2-3,5H2,1H3. The minimum atomic E-state index is -3.41. The Hall–Kier alpha value is 0.180. The Kier molecular flexibility index (Phi) is 3.80. The summed E-state index contributed by atoms with van der Waals surface area (Å²) in [5, 5.41) is 0. The van der Waals surface area contributed by atoms with Crippen molar-refractivity contribution < 1.29 is 8.42 Å². The second-order valence-corrected chi connectivity index (χ2v) is 8.46. The Labute approximate surface area is 108 Å². The van der Waals surface area contributed by atoms with Gasteiger partial charge in [-0.2, -0.15) is 16.1 Å². The molecule has 1 atom stereocenters. The van der Waals surface area contributed by atoms with Crippen molar-refractivity contribution in [2.45, 2.75) is 16.7 Å². The summed E-state index contributed by atoms with van der Waals surface area (Å²) < 4.78 is 26.2. The highest BCUT2D eigenvalue weighted by atomic mass is 35.5. The molecular formula is C8H11ClN2O2S3. The lowest BCUT2D eigenvalue weighted by atomic mass is 10.3. The fourth-order valence-electron chi connectivity index (χ4n) is 1.51. The van der Waals surface area contributed by atoms with Gasteiger partial charge < -0.3 is 0 Å². The van der Waals surface area contributed by atoms with Crippen molar-refractivity contribution in [2.24, 2.45) is 0 Å². The molecule has 0 radical (unpaired) electrons. The van der Waals surface area contributed by atoms with Gasteiger partial charge >= 0.3 is 0 Å². The minimum Gasteiger partial charge on any atom is -0.232 e. The molecule has 0 saturated carbocycles. The Balaban J connectivity index is 2.24. The van der Waals surface area contributed by atoms with Gasteiger partial charge in [-0.15, -0.1) is 0 Å². The van der Waals surface area contributed by atoms with Crippen molar-refractivity contribution in [3.8, 4) is 0 Å². The molecule has 1 unspecified atom stereocenters. The van der Waals surface area contributed by atoms with Crippen LogP contribution in [0.25, 0.3) is 0 Å². The van der Waals surface area contributed by atoms with E-state index in [-0.39, 0.29) is 14.7 Å². The predicted molar refractivity (Wildman–Crippen MR) is 67.8 cm³/mol. The van der Waals surface area contributed by atoms with Crippen LogP contribution in [-0.2, 0) is 10.0 Å². The van der Waals surface area contributed by atoms with Crippen LogP contribution in [0.15, 0.2) is 10.4 Å². The summed E-state index contributed by atoms with van der Waals surface area (Å²) in [6.07, 6.45) is 2.23. The summed E-state index contributed by atoms with van der Waals surface area (Å²) in [5.74, 6) is 1.89. The molecule has 0 bridgehead atoms. The van der Waals surface area contributed by atoms with E-state index in [1.54, 1.807) is 18.8 Å². The Bertz CT molecular complexity index is 467. The second-order valence-electron chi connectivity index (χ2n) is 3.47. The number of sulfonamides is 1. The fraction of sp³-hybridized carbons (Fsp3) is 0.625. The maximum Gasteiger partial charge on any atom is 0.254 e. The zero-order chi connectivity index (χ0) is 11.8. The lowest BCUT2D eigenvalue weighted by molar-refractivity contribution is 0.395. The smallest absolute Gasteiger partial charge is 0.232 e. The van der Waals surface area contributed by atoms with Crippen molar-refractivity contribution in [2.75, 3.05) is 18.6 Å². The summed E-state index contributed by atoms with van der Waals surface area (Å²) in [5.41, 5.74) is 0. The summed E-state index contributed by atoms with van der Waals surface area (Å²) in [4.78, 5) is 3.76. The zero-order valence-corrected chi connectivity index (χ0v) is 11.8. The molecule has 1 aromatic rings. The van der Waals surface area contributed by atoms with Crippen molar-refractivity contribution in [1.29, 1.82) is 0 Å². The van der Waals surface area contributed by atoms with E-state index in [1.807, 2.05) is 0 Å². The molecule has 1 saturated heterocycles. The molecule has 0 N–H and O–H groups in total. The van der Waals surface area contributed by atoms with Crippen molar-refractivity contribution >= 4 is 44.7 Å². The maximum absolute atomic E-state index is 12.2. The number of thiazole rings is 1. The number of rotatable bonds is 3.